The van der Waals surface area contributed by atoms with Crippen LogP contribution in [0.15, 0.2) is 0 Å². The summed E-state index contributed by atoms with van der Waals surface area (Å²) in [4.78, 5) is 0. The van der Waals surface area contributed by atoms with Gasteiger partial charge in [0.2, 0.25) is 5.92 Å². The Morgan fingerprint density at radius 2 is 2.17 bits per heavy atom. The average molecular weight is 177 g/mol. The second-order valence-electron chi connectivity index (χ2n) is 3.75. The summed E-state index contributed by atoms with van der Waals surface area (Å²) in [7, 11) is 0. The molecule has 0 saturated heterocycles. The van der Waals surface area contributed by atoms with Crippen LogP contribution in [0.1, 0.15) is 38.5 Å². The monoisotopic (exact) mass is 177 g/mol. The van der Waals surface area contributed by atoms with Crippen molar-refractivity contribution < 1.29 is 8.78 Å². The van der Waals surface area contributed by atoms with E-state index in [1.807, 2.05) is 0 Å². The molecule has 0 aromatic heterocycles. The zero-order chi connectivity index (χ0) is 9.03. The molecule has 0 radical (unpaired) electrons. The van der Waals surface area contributed by atoms with Crippen LogP contribution >= 0.6 is 0 Å². The third-order valence-corrected chi connectivity index (χ3v) is 2.56. The molecule has 1 rings (SSSR count). The maximum absolute atomic E-state index is 12.9. The Kier molecular flexibility index (Phi) is 3.44. The van der Waals surface area contributed by atoms with Gasteiger partial charge in [-0.1, -0.05) is 6.42 Å². The van der Waals surface area contributed by atoms with Gasteiger partial charge in [0, 0.05) is 12.8 Å². The van der Waals surface area contributed by atoms with E-state index in [2.05, 4.69) is 0 Å². The molecule has 0 aromatic rings. The van der Waals surface area contributed by atoms with Crippen LogP contribution in [0.4, 0.5) is 8.78 Å². The lowest BCUT2D eigenvalue weighted by Crippen LogP contribution is -2.26. The van der Waals surface area contributed by atoms with Crippen molar-refractivity contribution in [1.29, 1.82) is 0 Å². The Bertz CT molecular complexity index is 136. The van der Waals surface area contributed by atoms with E-state index in [-0.39, 0.29) is 18.8 Å². The molecule has 1 saturated carbocycles. The number of rotatable bonds is 3. The summed E-state index contributed by atoms with van der Waals surface area (Å²) >= 11 is 0. The molecule has 1 atom stereocenters. The van der Waals surface area contributed by atoms with Crippen molar-refractivity contribution in [1.82, 2.24) is 0 Å². The minimum Gasteiger partial charge on any atom is -0.330 e. The lowest BCUT2D eigenvalue weighted by Gasteiger charge is -2.28. The van der Waals surface area contributed by atoms with Crippen molar-refractivity contribution >= 4 is 0 Å². The van der Waals surface area contributed by atoms with Gasteiger partial charge in [0.15, 0.2) is 0 Å². The second-order valence-corrected chi connectivity index (χ2v) is 3.75. The van der Waals surface area contributed by atoms with Crippen LogP contribution in [0.3, 0.4) is 0 Å². The minimum absolute atomic E-state index is 0.0894. The SMILES string of the molecule is NCCCC1CCCC(F)(F)C1. The summed E-state index contributed by atoms with van der Waals surface area (Å²) in [5.74, 6) is -2.17. The van der Waals surface area contributed by atoms with Crippen molar-refractivity contribution in [3.05, 3.63) is 0 Å². The second kappa shape index (κ2) is 4.17. The summed E-state index contributed by atoms with van der Waals surface area (Å²) < 4.78 is 25.7. The molecule has 0 spiro atoms. The van der Waals surface area contributed by atoms with E-state index < -0.39 is 5.92 Å². The average Bonchev–Trinajstić information content (AvgIpc) is 1.99. The summed E-state index contributed by atoms with van der Waals surface area (Å²) in [6.07, 6.45) is 3.60. The Morgan fingerprint density at radius 1 is 1.42 bits per heavy atom. The molecule has 0 heterocycles. The molecule has 2 N–H and O–H groups in total. The minimum atomic E-state index is -2.39. The highest BCUT2D eigenvalue weighted by Gasteiger charge is 2.35. The largest absolute Gasteiger partial charge is 0.330 e. The van der Waals surface area contributed by atoms with Crippen molar-refractivity contribution in [3.63, 3.8) is 0 Å². The molecular formula is C9H17F2N. The number of hydrogen-bond acceptors (Lipinski definition) is 1. The fourth-order valence-electron chi connectivity index (χ4n) is 1.93. The molecule has 0 aliphatic heterocycles. The molecule has 0 bridgehead atoms. The van der Waals surface area contributed by atoms with E-state index in [4.69, 9.17) is 5.73 Å². The maximum atomic E-state index is 12.9. The normalized spacial score (nSPS) is 28.8. The molecule has 1 aliphatic carbocycles. The summed E-state index contributed by atoms with van der Waals surface area (Å²) in [6, 6.07) is 0. The van der Waals surface area contributed by atoms with Crippen LogP contribution in [0.5, 0.6) is 0 Å². The standard InChI is InChI=1S/C9H17F2N/c10-9(11)5-1-3-8(7-9)4-2-6-12/h8H,1-7,12H2. The van der Waals surface area contributed by atoms with E-state index in [1.165, 1.54) is 0 Å². The molecule has 1 nitrogen and oxygen atoms in total. The van der Waals surface area contributed by atoms with Gasteiger partial charge in [-0.3, -0.25) is 0 Å². The Balaban J connectivity index is 2.26. The van der Waals surface area contributed by atoms with E-state index >= 15 is 0 Å². The molecule has 72 valence electrons. The van der Waals surface area contributed by atoms with Gasteiger partial charge in [0.05, 0.1) is 0 Å². The van der Waals surface area contributed by atoms with Crippen LogP contribution in [0, 0.1) is 5.92 Å². The van der Waals surface area contributed by atoms with Crippen LogP contribution < -0.4 is 5.73 Å². The van der Waals surface area contributed by atoms with Crippen molar-refractivity contribution in [2.75, 3.05) is 6.54 Å². The smallest absolute Gasteiger partial charge is 0.248 e. The summed E-state index contributed by atoms with van der Waals surface area (Å²) in [5.41, 5.74) is 5.33. The Hall–Kier alpha value is -0.180. The van der Waals surface area contributed by atoms with Gasteiger partial charge < -0.3 is 5.73 Å². The molecule has 12 heavy (non-hydrogen) atoms. The van der Waals surface area contributed by atoms with Gasteiger partial charge in [-0.25, -0.2) is 8.78 Å². The van der Waals surface area contributed by atoms with Crippen LogP contribution in [-0.2, 0) is 0 Å². The molecule has 1 unspecified atom stereocenters. The molecule has 1 aliphatic rings. The van der Waals surface area contributed by atoms with Crippen molar-refractivity contribution in [2.45, 2.75) is 44.4 Å². The highest BCUT2D eigenvalue weighted by atomic mass is 19.3. The molecule has 0 amide bonds. The third-order valence-electron chi connectivity index (χ3n) is 2.56. The number of hydrogen-bond donors (Lipinski definition) is 1. The zero-order valence-electron chi connectivity index (χ0n) is 7.36. The van der Waals surface area contributed by atoms with E-state index in [0.717, 1.165) is 19.3 Å². The van der Waals surface area contributed by atoms with Gasteiger partial charge in [-0.2, -0.15) is 0 Å². The van der Waals surface area contributed by atoms with Crippen molar-refractivity contribution in [3.8, 4) is 0 Å². The summed E-state index contributed by atoms with van der Waals surface area (Å²) in [5, 5.41) is 0. The number of nitrogens with two attached hydrogens (primary N) is 1. The highest BCUT2D eigenvalue weighted by Crippen LogP contribution is 2.38. The topological polar surface area (TPSA) is 26.0 Å². The van der Waals surface area contributed by atoms with E-state index in [0.29, 0.717) is 13.0 Å². The quantitative estimate of drug-likeness (QED) is 0.704. The zero-order valence-corrected chi connectivity index (χ0v) is 7.36. The Morgan fingerprint density at radius 3 is 2.75 bits per heavy atom. The first-order valence-corrected chi connectivity index (χ1v) is 4.72. The van der Waals surface area contributed by atoms with Crippen molar-refractivity contribution in [2.24, 2.45) is 11.7 Å². The van der Waals surface area contributed by atoms with Gasteiger partial charge in [-0.15, -0.1) is 0 Å². The lowest BCUT2D eigenvalue weighted by molar-refractivity contribution is -0.0536. The van der Waals surface area contributed by atoms with Gasteiger partial charge in [-0.05, 0) is 31.7 Å². The van der Waals surface area contributed by atoms with Gasteiger partial charge >= 0.3 is 0 Å². The molecule has 1 fully saturated rings. The molecular weight excluding hydrogens is 160 g/mol. The van der Waals surface area contributed by atoms with E-state index in [1.54, 1.807) is 0 Å². The first kappa shape index (κ1) is 9.90. The fraction of sp³-hybridized carbons (Fsp3) is 1.00. The number of halogens is 2. The van der Waals surface area contributed by atoms with Crippen LogP contribution in [0.25, 0.3) is 0 Å². The maximum Gasteiger partial charge on any atom is 0.248 e. The van der Waals surface area contributed by atoms with Crippen LogP contribution in [0.2, 0.25) is 0 Å². The number of alkyl halides is 2. The molecule has 3 heteroatoms. The first-order valence-electron chi connectivity index (χ1n) is 4.72. The fourth-order valence-corrected chi connectivity index (χ4v) is 1.93. The predicted octanol–water partition coefficient (Wildman–Crippen LogP) is 2.55. The summed E-state index contributed by atoms with van der Waals surface area (Å²) in [6.45, 7) is 0.627. The van der Waals surface area contributed by atoms with Crippen LogP contribution in [-0.4, -0.2) is 12.5 Å². The third kappa shape index (κ3) is 3.05. The Labute approximate surface area is 72.3 Å². The van der Waals surface area contributed by atoms with E-state index in [9.17, 15) is 8.78 Å². The first-order chi connectivity index (χ1) is 5.64. The van der Waals surface area contributed by atoms with Gasteiger partial charge in [0.1, 0.15) is 0 Å². The molecule has 0 aromatic carbocycles. The predicted molar refractivity (Wildman–Crippen MR) is 45.2 cm³/mol. The lowest BCUT2D eigenvalue weighted by atomic mass is 9.84. The highest BCUT2D eigenvalue weighted by molar-refractivity contribution is 4.78. The van der Waals surface area contributed by atoms with Gasteiger partial charge in [0.25, 0.3) is 0 Å².